The number of carbonyl (C=O) groups is 1. The summed E-state index contributed by atoms with van der Waals surface area (Å²) in [4.78, 5) is 11.7. The molecule has 1 aromatic heterocycles. The second-order valence-corrected chi connectivity index (χ2v) is 5.77. The molecule has 0 spiro atoms. The number of esters is 1. The van der Waals surface area contributed by atoms with Gasteiger partial charge in [-0.15, -0.1) is 0 Å². The average molecular weight is 417 g/mol. The maximum absolute atomic E-state index is 11.7. The fourth-order valence-electron chi connectivity index (χ4n) is 1.66. The number of aromatic nitrogens is 1. The van der Waals surface area contributed by atoms with Gasteiger partial charge in [0.05, 0.1) is 27.3 Å². The molecule has 7 heteroatoms. The van der Waals surface area contributed by atoms with Crippen LogP contribution in [0, 0.1) is 6.92 Å². The lowest BCUT2D eigenvalue weighted by molar-refractivity contribution is 0.0599. The van der Waals surface area contributed by atoms with E-state index in [9.17, 15) is 9.90 Å². The molecule has 0 aliphatic heterocycles. The van der Waals surface area contributed by atoms with E-state index < -0.39 is 5.97 Å². The molecule has 0 atom stereocenters. The van der Waals surface area contributed by atoms with Gasteiger partial charge in [-0.1, -0.05) is 5.16 Å². The van der Waals surface area contributed by atoms with Crippen molar-refractivity contribution < 1.29 is 19.2 Å². The van der Waals surface area contributed by atoms with E-state index >= 15 is 0 Å². The minimum absolute atomic E-state index is 0.0775. The summed E-state index contributed by atoms with van der Waals surface area (Å²) in [6.07, 6.45) is 3.39. The van der Waals surface area contributed by atoms with E-state index in [4.69, 9.17) is 4.52 Å². The van der Waals surface area contributed by atoms with Crippen molar-refractivity contribution in [1.82, 2.24) is 5.16 Å². The molecule has 0 aliphatic carbocycles. The van der Waals surface area contributed by atoms with E-state index in [0.717, 1.165) is 5.69 Å². The first-order valence-corrected chi connectivity index (χ1v) is 7.43. The van der Waals surface area contributed by atoms with Crippen LogP contribution in [0.4, 0.5) is 0 Å². The summed E-state index contributed by atoms with van der Waals surface area (Å²) in [5, 5.41) is 13.8. The number of aryl methyl sites for hydroxylation is 1. The van der Waals surface area contributed by atoms with E-state index in [1.807, 2.05) is 6.92 Å². The number of hydrogen-bond acceptors (Lipinski definition) is 5. The SMILES string of the molecule is COC(=O)c1cc(/C=C/c2cc(C)no2)c(Br)c(O)c1Br. The van der Waals surface area contributed by atoms with Crippen LogP contribution in [-0.4, -0.2) is 23.3 Å². The second-order valence-electron chi connectivity index (χ2n) is 4.19. The van der Waals surface area contributed by atoms with Gasteiger partial charge < -0.3 is 14.4 Å². The van der Waals surface area contributed by atoms with Crippen LogP contribution in [0.5, 0.6) is 5.75 Å². The Kier molecular flexibility index (Phi) is 4.84. The number of rotatable bonds is 3. The van der Waals surface area contributed by atoms with Gasteiger partial charge in [0.1, 0.15) is 5.75 Å². The molecule has 1 aromatic carbocycles. The van der Waals surface area contributed by atoms with Crippen LogP contribution in [0.15, 0.2) is 25.6 Å². The van der Waals surface area contributed by atoms with Crippen molar-refractivity contribution in [3.8, 4) is 5.75 Å². The molecule has 0 unspecified atom stereocenters. The van der Waals surface area contributed by atoms with Gasteiger partial charge in [-0.25, -0.2) is 4.79 Å². The topological polar surface area (TPSA) is 72.6 Å². The number of methoxy groups -OCH3 is 1. The third kappa shape index (κ3) is 3.36. The molecule has 2 rings (SSSR count). The number of nitrogens with zero attached hydrogens (tertiary/aromatic N) is 1. The third-order valence-corrected chi connectivity index (χ3v) is 4.32. The van der Waals surface area contributed by atoms with Crippen LogP contribution in [0.1, 0.15) is 27.4 Å². The van der Waals surface area contributed by atoms with E-state index in [2.05, 4.69) is 41.8 Å². The fourth-order valence-corrected chi connectivity index (χ4v) is 2.84. The Morgan fingerprint density at radius 2 is 2.05 bits per heavy atom. The van der Waals surface area contributed by atoms with Gasteiger partial charge >= 0.3 is 5.97 Å². The van der Waals surface area contributed by atoms with Gasteiger partial charge in [0, 0.05) is 6.07 Å². The van der Waals surface area contributed by atoms with Crippen molar-refractivity contribution >= 4 is 50.0 Å². The lowest BCUT2D eigenvalue weighted by Crippen LogP contribution is -2.03. The molecular weight excluding hydrogens is 406 g/mol. The van der Waals surface area contributed by atoms with Crippen LogP contribution in [0.3, 0.4) is 0 Å². The average Bonchev–Trinajstić information content (AvgIpc) is 2.89. The standard InChI is InChI=1S/C14H11Br2NO4/c1-7-5-9(21-17-7)4-3-8-6-10(14(19)20-2)12(16)13(18)11(8)15/h3-6,18H,1-2H3/b4-3+. The summed E-state index contributed by atoms with van der Waals surface area (Å²) >= 11 is 6.46. The van der Waals surface area contributed by atoms with Crippen molar-refractivity contribution in [1.29, 1.82) is 0 Å². The highest BCUT2D eigenvalue weighted by atomic mass is 79.9. The maximum atomic E-state index is 11.7. The number of hydrogen-bond donors (Lipinski definition) is 1. The maximum Gasteiger partial charge on any atom is 0.339 e. The van der Waals surface area contributed by atoms with E-state index in [-0.39, 0.29) is 15.8 Å². The quantitative estimate of drug-likeness (QED) is 0.760. The largest absolute Gasteiger partial charge is 0.506 e. The van der Waals surface area contributed by atoms with Crippen molar-refractivity contribution in [2.75, 3.05) is 7.11 Å². The zero-order valence-electron chi connectivity index (χ0n) is 11.2. The summed E-state index contributed by atoms with van der Waals surface area (Å²) < 4.78 is 10.5. The Labute approximate surface area is 137 Å². The number of phenols is 1. The van der Waals surface area contributed by atoms with Crippen molar-refractivity contribution in [3.63, 3.8) is 0 Å². The Bertz CT molecular complexity index is 722. The summed E-state index contributed by atoms with van der Waals surface area (Å²) in [6.45, 7) is 1.82. The minimum Gasteiger partial charge on any atom is -0.506 e. The predicted octanol–water partition coefficient (Wildman–Crippen LogP) is 4.17. The van der Waals surface area contributed by atoms with Crippen molar-refractivity contribution in [3.05, 3.63) is 43.7 Å². The molecule has 1 heterocycles. The molecule has 5 nitrogen and oxygen atoms in total. The van der Waals surface area contributed by atoms with E-state index in [1.54, 1.807) is 24.3 Å². The monoisotopic (exact) mass is 415 g/mol. The zero-order chi connectivity index (χ0) is 15.6. The molecule has 0 aliphatic rings. The Hall–Kier alpha value is -1.60. The zero-order valence-corrected chi connectivity index (χ0v) is 14.4. The first-order chi connectivity index (χ1) is 9.93. The number of carbonyl (C=O) groups excluding carboxylic acids is 1. The van der Waals surface area contributed by atoms with Crippen LogP contribution in [0.25, 0.3) is 12.2 Å². The first-order valence-electron chi connectivity index (χ1n) is 5.84. The highest BCUT2D eigenvalue weighted by molar-refractivity contribution is 9.11. The Morgan fingerprint density at radius 3 is 2.62 bits per heavy atom. The van der Waals surface area contributed by atoms with Crippen LogP contribution < -0.4 is 0 Å². The van der Waals surface area contributed by atoms with E-state index in [1.165, 1.54) is 7.11 Å². The van der Waals surface area contributed by atoms with Gasteiger partial charge in [0.25, 0.3) is 0 Å². The Morgan fingerprint density at radius 1 is 1.33 bits per heavy atom. The molecular formula is C14H11Br2NO4. The summed E-state index contributed by atoms with van der Waals surface area (Å²) in [5.74, 6) is -0.0532. The summed E-state index contributed by atoms with van der Waals surface area (Å²) in [5.41, 5.74) is 1.60. The van der Waals surface area contributed by atoms with Crippen molar-refractivity contribution in [2.24, 2.45) is 0 Å². The highest BCUT2D eigenvalue weighted by Crippen LogP contribution is 2.38. The second kappa shape index (κ2) is 6.44. The van der Waals surface area contributed by atoms with Gasteiger partial charge in [-0.3, -0.25) is 0 Å². The van der Waals surface area contributed by atoms with Gasteiger partial charge in [-0.05, 0) is 62.6 Å². The molecule has 110 valence electrons. The molecule has 1 N–H and O–H groups in total. The minimum atomic E-state index is -0.546. The van der Waals surface area contributed by atoms with E-state index in [0.29, 0.717) is 15.8 Å². The number of aromatic hydroxyl groups is 1. The fraction of sp³-hybridized carbons (Fsp3) is 0.143. The van der Waals surface area contributed by atoms with Gasteiger partial charge in [0.15, 0.2) is 5.76 Å². The molecule has 0 fully saturated rings. The Balaban J connectivity index is 2.46. The number of ether oxygens (including phenoxy) is 1. The van der Waals surface area contributed by atoms with Crippen LogP contribution >= 0.6 is 31.9 Å². The van der Waals surface area contributed by atoms with Gasteiger partial charge in [-0.2, -0.15) is 0 Å². The third-order valence-electron chi connectivity index (χ3n) is 2.68. The number of halogens is 2. The number of benzene rings is 1. The summed E-state index contributed by atoms with van der Waals surface area (Å²) in [7, 11) is 1.28. The van der Waals surface area contributed by atoms with Gasteiger partial charge in [0.2, 0.25) is 0 Å². The molecule has 0 amide bonds. The highest BCUT2D eigenvalue weighted by Gasteiger charge is 2.18. The molecule has 2 aromatic rings. The summed E-state index contributed by atoms with van der Waals surface area (Å²) in [6, 6.07) is 3.36. The van der Waals surface area contributed by atoms with Crippen LogP contribution in [-0.2, 0) is 4.74 Å². The molecule has 0 saturated heterocycles. The molecule has 0 radical (unpaired) electrons. The first kappa shape index (κ1) is 15.8. The van der Waals surface area contributed by atoms with Crippen LogP contribution in [0.2, 0.25) is 0 Å². The number of phenolic OH excluding ortho intramolecular Hbond substituents is 1. The molecule has 0 saturated carbocycles. The molecule has 21 heavy (non-hydrogen) atoms. The molecule has 0 bridgehead atoms. The van der Waals surface area contributed by atoms with Crippen molar-refractivity contribution in [2.45, 2.75) is 6.92 Å². The normalized spacial score (nSPS) is 11.0. The smallest absolute Gasteiger partial charge is 0.339 e. The lowest BCUT2D eigenvalue weighted by atomic mass is 10.1. The lowest BCUT2D eigenvalue weighted by Gasteiger charge is -2.09. The predicted molar refractivity (Wildman–Crippen MR) is 85.0 cm³/mol.